The molecule has 8 heteroatoms. The molecule has 104 valence electrons. The van der Waals surface area contributed by atoms with E-state index in [4.69, 9.17) is 10.2 Å². The van der Waals surface area contributed by atoms with Crippen LogP contribution in [-0.2, 0) is 6.42 Å². The van der Waals surface area contributed by atoms with Crippen molar-refractivity contribution in [3.8, 4) is 0 Å². The molecule has 8 nitrogen and oxygen atoms in total. The summed E-state index contributed by atoms with van der Waals surface area (Å²) in [4.78, 5) is 19.9. The molecule has 1 aromatic heterocycles. The van der Waals surface area contributed by atoms with E-state index in [2.05, 4.69) is 0 Å². The molecule has 0 radical (unpaired) electrons. The van der Waals surface area contributed by atoms with Crippen LogP contribution < -0.4 is 5.73 Å². The van der Waals surface area contributed by atoms with E-state index in [9.17, 15) is 20.2 Å². The summed E-state index contributed by atoms with van der Waals surface area (Å²) < 4.78 is 5.01. The lowest BCUT2D eigenvalue weighted by atomic mass is 10.0. The zero-order valence-corrected chi connectivity index (χ0v) is 10.3. The molecule has 0 aliphatic rings. The summed E-state index contributed by atoms with van der Waals surface area (Å²) in [6, 6.07) is 8.09. The third-order valence-corrected chi connectivity index (χ3v) is 2.76. The Bertz CT molecular complexity index is 635. The van der Waals surface area contributed by atoms with Gasteiger partial charge in [0.2, 0.25) is 0 Å². The van der Waals surface area contributed by atoms with Crippen molar-refractivity contribution < 1.29 is 14.3 Å². The van der Waals surface area contributed by atoms with Gasteiger partial charge in [-0.25, -0.2) is 0 Å². The molecule has 0 saturated heterocycles. The van der Waals surface area contributed by atoms with Crippen molar-refractivity contribution in [2.45, 2.75) is 12.5 Å². The van der Waals surface area contributed by atoms with Gasteiger partial charge in [0.25, 0.3) is 5.69 Å². The zero-order chi connectivity index (χ0) is 14.7. The van der Waals surface area contributed by atoms with Gasteiger partial charge in [-0.1, -0.05) is 12.1 Å². The number of non-ortho nitro benzene ring substituents is 1. The van der Waals surface area contributed by atoms with Gasteiger partial charge >= 0.3 is 5.88 Å². The van der Waals surface area contributed by atoms with Crippen LogP contribution in [0.15, 0.2) is 40.8 Å². The first-order valence-electron chi connectivity index (χ1n) is 5.70. The van der Waals surface area contributed by atoms with E-state index in [0.29, 0.717) is 12.2 Å². The first-order valence-corrected chi connectivity index (χ1v) is 5.70. The molecule has 0 amide bonds. The number of rotatable bonds is 5. The van der Waals surface area contributed by atoms with Crippen molar-refractivity contribution in [2.75, 3.05) is 0 Å². The van der Waals surface area contributed by atoms with Gasteiger partial charge in [0, 0.05) is 12.1 Å². The number of furan rings is 1. The van der Waals surface area contributed by atoms with E-state index in [-0.39, 0.29) is 11.6 Å². The Balaban J connectivity index is 2.08. The van der Waals surface area contributed by atoms with Crippen LogP contribution in [0, 0.1) is 20.2 Å². The van der Waals surface area contributed by atoms with Crippen molar-refractivity contribution in [2.24, 2.45) is 5.73 Å². The van der Waals surface area contributed by atoms with Gasteiger partial charge in [-0.05, 0) is 18.1 Å². The van der Waals surface area contributed by atoms with Gasteiger partial charge in [0.1, 0.15) is 10.7 Å². The number of nitrogens with two attached hydrogens (primary N) is 1. The lowest BCUT2D eigenvalue weighted by Gasteiger charge is -2.08. The van der Waals surface area contributed by atoms with Crippen LogP contribution in [0.2, 0.25) is 0 Å². The molecule has 0 bridgehead atoms. The minimum Gasteiger partial charge on any atom is -0.404 e. The maximum absolute atomic E-state index is 10.5. The zero-order valence-electron chi connectivity index (χ0n) is 10.3. The minimum atomic E-state index is -0.637. The number of nitrogens with zero attached hydrogens (tertiary/aromatic N) is 2. The topological polar surface area (TPSA) is 125 Å². The molecule has 0 aliphatic heterocycles. The highest BCUT2D eigenvalue weighted by Crippen LogP contribution is 2.23. The molecule has 2 N–H and O–H groups in total. The van der Waals surface area contributed by atoms with Crippen molar-refractivity contribution >= 4 is 11.6 Å². The maximum Gasteiger partial charge on any atom is 0.433 e. The van der Waals surface area contributed by atoms with Gasteiger partial charge in [-0.15, -0.1) is 0 Å². The molecule has 0 fully saturated rings. The summed E-state index contributed by atoms with van der Waals surface area (Å²) in [6.45, 7) is 0. The summed E-state index contributed by atoms with van der Waals surface area (Å²) in [5.41, 5.74) is 6.66. The second-order valence-electron chi connectivity index (χ2n) is 4.17. The fourth-order valence-electron chi connectivity index (χ4n) is 1.75. The molecule has 0 spiro atoms. The highest BCUT2D eigenvalue weighted by molar-refractivity contribution is 5.33. The van der Waals surface area contributed by atoms with E-state index < -0.39 is 15.9 Å². The molecular weight excluding hydrogens is 266 g/mol. The average Bonchev–Trinajstić information content (AvgIpc) is 2.89. The van der Waals surface area contributed by atoms with E-state index in [1.165, 1.54) is 24.3 Å². The average molecular weight is 277 g/mol. The van der Waals surface area contributed by atoms with Gasteiger partial charge in [0.05, 0.1) is 17.0 Å². The van der Waals surface area contributed by atoms with E-state index in [1.807, 2.05) is 0 Å². The SMILES string of the molecule is NC(Cc1ccc([N+](=O)[O-])cc1)c1ccc([N+](=O)[O-])o1. The molecule has 0 saturated carbocycles. The Labute approximate surface area is 113 Å². The number of nitro benzene ring substituents is 1. The fourth-order valence-corrected chi connectivity index (χ4v) is 1.75. The van der Waals surface area contributed by atoms with Crippen LogP contribution in [0.4, 0.5) is 11.6 Å². The van der Waals surface area contributed by atoms with Gasteiger partial charge in [0.15, 0.2) is 0 Å². The van der Waals surface area contributed by atoms with Crippen molar-refractivity contribution in [1.29, 1.82) is 0 Å². The van der Waals surface area contributed by atoms with E-state index >= 15 is 0 Å². The minimum absolute atomic E-state index is 0.00374. The van der Waals surface area contributed by atoms with Crippen LogP contribution >= 0.6 is 0 Å². The first-order chi connectivity index (χ1) is 9.47. The molecule has 1 aromatic carbocycles. The van der Waals surface area contributed by atoms with E-state index in [1.54, 1.807) is 12.1 Å². The Morgan fingerprint density at radius 2 is 1.70 bits per heavy atom. The standard InChI is InChI=1S/C12H11N3O5/c13-10(11-5-6-12(20-11)15(18)19)7-8-1-3-9(4-2-8)14(16)17/h1-6,10H,7,13H2. The third-order valence-electron chi connectivity index (χ3n) is 2.76. The third kappa shape index (κ3) is 2.98. The Kier molecular flexibility index (Phi) is 3.76. The quantitative estimate of drug-likeness (QED) is 0.660. The number of nitro groups is 2. The van der Waals surface area contributed by atoms with Crippen LogP contribution in [0.25, 0.3) is 0 Å². The molecule has 1 atom stereocenters. The largest absolute Gasteiger partial charge is 0.433 e. The summed E-state index contributed by atoms with van der Waals surface area (Å²) in [5, 5.41) is 21.0. The van der Waals surface area contributed by atoms with Crippen LogP contribution in [-0.4, -0.2) is 9.85 Å². The first kappa shape index (κ1) is 13.7. The number of hydrogen-bond acceptors (Lipinski definition) is 6. The summed E-state index contributed by atoms with van der Waals surface area (Å²) in [6.07, 6.45) is 0.364. The highest BCUT2D eigenvalue weighted by atomic mass is 16.6. The monoisotopic (exact) mass is 277 g/mol. The molecule has 1 heterocycles. The molecule has 2 rings (SSSR count). The lowest BCUT2D eigenvalue weighted by molar-refractivity contribution is -0.402. The molecule has 1 unspecified atom stereocenters. The Morgan fingerprint density at radius 3 is 2.20 bits per heavy atom. The van der Waals surface area contributed by atoms with Crippen LogP contribution in [0.5, 0.6) is 0 Å². The summed E-state index contributed by atoms with van der Waals surface area (Å²) in [5.74, 6) is -0.0609. The van der Waals surface area contributed by atoms with Crippen molar-refractivity contribution in [3.05, 3.63) is 68.0 Å². The summed E-state index contributed by atoms with van der Waals surface area (Å²) in [7, 11) is 0. The number of benzene rings is 1. The maximum atomic E-state index is 10.5. The van der Waals surface area contributed by atoms with Crippen molar-refractivity contribution in [3.63, 3.8) is 0 Å². The Morgan fingerprint density at radius 1 is 1.05 bits per heavy atom. The second kappa shape index (κ2) is 5.49. The van der Waals surface area contributed by atoms with Crippen molar-refractivity contribution in [1.82, 2.24) is 0 Å². The van der Waals surface area contributed by atoms with Crippen LogP contribution in [0.3, 0.4) is 0 Å². The fraction of sp³-hybridized carbons (Fsp3) is 0.167. The predicted octanol–water partition coefficient (Wildman–Crippen LogP) is 2.34. The lowest BCUT2D eigenvalue weighted by Crippen LogP contribution is -2.12. The van der Waals surface area contributed by atoms with E-state index in [0.717, 1.165) is 5.56 Å². The Hall–Kier alpha value is -2.74. The molecule has 0 aliphatic carbocycles. The van der Waals surface area contributed by atoms with Gasteiger partial charge in [-0.2, -0.15) is 0 Å². The van der Waals surface area contributed by atoms with Gasteiger partial charge < -0.3 is 10.2 Å². The molecule has 2 aromatic rings. The smallest absolute Gasteiger partial charge is 0.404 e. The summed E-state index contributed by atoms with van der Waals surface area (Å²) >= 11 is 0. The normalized spacial score (nSPS) is 12.1. The van der Waals surface area contributed by atoms with Gasteiger partial charge in [-0.3, -0.25) is 20.2 Å². The molecule has 20 heavy (non-hydrogen) atoms. The molecular formula is C12H11N3O5. The number of hydrogen-bond donors (Lipinski definition) is 1. The predicted molar refractivity (Wildman–Crippen MR) is 69.1 cm³/mol. The second-order valence-corrected chi connectivity index (χ2v) is 4.17. The van der Waals surface area contributed by atoms with Crippen LogP contribution in [0.1, 0.15) is 17.4 Å². The highest BCUT2D eigenvalue weighted by Gasteiger charge is 2.17.